The summed E-state index contributed by atoms with van der Waals surface area (Å²) < 4.78 is 11.1. The molecule has 0 spiro atoms. The number of anilines is 1. The molecular weight excluding hydrogens is 436 g/mol. The summed E-state index contributed by atoms with van der Waals surface area (Å²) in [5.74, 6) is 1.89. The van der Waals surface area contributed by atoms with Crippen LogP contribution in [0.15, 0.2) is 35.8 Å². The van der Waals surface area contributed by atoms with Crippen molar-refractivity contribution in [1.82, 2.24) is 14.8 Å². The zero-order valence-electron chi connectivity index (χ0n) is 19.8. The van der Waals surface area contributed by atoms with Crippen LogP contribution in [0.4, 0.5) is 5.13 Å². The van der Waals surface area contributed by atoms with Gasteiger partial charge < -0.3 is 9.47 Å². The van der Waals surface area contributed by atoms with Crippen LogP contribution >= 0.6 is 11.3 Å². The molecule has 1 aliphatic heterocycles. The molecule has 2 aliphatic rings. The van der Waals surface area contributed by atoms with Gasteiger partial charge in [-0.1, -0.05) is 19.3 Å². The number of piperazine rings is 1. The highest BCUT2D eigenvalue weighted by Gasteiger charge is 2.34. The summed E-state index contributed by atoms with van der Waals surface area (Å²) in [7, 11) is 1.66. The summed E-state index contributed by atoms with van der Waals surface area (Å²) in [5, 5.41) is 2.82. The van der Waals surface area contributed by atoms with Gasteiger partial charge in [-0.2, -0.15) is 0 Å². The molecule has 7 nitrogen and oxygen atoms in total. The molecule has 4 rings (SSSR count). The Balaban J connectivity index is 1.26. The number of rotatable bonds is 9. The van der Waals surface area contributed by atoms with Crippen LogP contribution in [0.2, 0.25) is 0 Å². The van der Waals surface area contributed by atoms with Gasteiger partial charge in [0.2, 0.25) is 5.91 Å². The van der Waals surface area contributed by atoms with Gasteiger partial charge in [0.15, 0.2) is 5.13 Å². The number of aromatic nitrogens is 1. The van der Waals surface area contributed by atoms with Gasteiger partial charge in [-0.25, -0.2) is 4.98 Å². The molecule has 0 unspecified atom stereocenters. The van der Waals surface area contributed by atoms with Gasteiger partial charge in [0.1, 0.15) is 18.1 Å². The molecule has 33 heavy (non-hydrogen) atoms. The van der Waals surface area contributed by atoms with E-state index in [1.807, 2.05) is 34.5 Å². The minimum absolute atomic E-state index is 0.131. The molecule has 1 aromatic heterocycles. The van der Waals surface area contributed by atoms with Crippen molar-refractivity contribution in [3.05, 3.63) is 35.8 Å². The largest absolute Gasteiger partial charge is 0.497 e. The molecule has 1 saturated carbocycles. The lowest BCUT2D eigenvalue weighted by molar-refractivity contribution is -0.124. The second-order valence-corrected chi connectivity index (χ2v) is 9.77. The topological polar surface area (TPSA) is 58.1 Å². The Hall–Kier alpha value is -2.16. The first-order valence-corrected chi connectivity index (χ1v) is 13.0. The van der Waals surface area contributed by atoms with Gasteiger partial charge in [0.25, 0.3) is 0 Å². The summed E-state index contributed by atoms with van der Waals surface area (Å²) >= 11 is 1.57. The highest BCUT2D eigenvalue weighted by atomic mass is 32.1. The predicted molar refractivity (Wildman–Crippen MR) is 132 cm³/mol. The zero-order chi connectivity index (χ0) is 23.0. The van der Waals surface area contributed by atoms with Gasteiger partial charge >= 0.3 is 0 Å². The highest BCUT2D eigenvalue weighted by Crippen LogP contribution is 2.30. The average Bonchev–Trinajstić information content (AvgIpc) is 3.39. The Bertz CT molecular complexity index is 847. The fourth-order valence-electron chi connectivity index (χ4n) is 4.80. The number of carbonyl (C=O) groups is 1. The molecular formula is C25H36N4O3S. The second kappa shape index (κ2) is 11.8. The number of ether oxygens (including phenoxy) is 2. The Morgan fingerprint density at radius 2 is 1.82 bits per heavy atom. The molecule has 1 aromatic carbocycles. The normalized spacial score (nSPS) is 19.2. The third-order valence-corrected chi connectivity index (χ3v) is 7.62. The van der Waals surface area contributed by atoms with E-state index in [-0.39, 0.29) is 18.0 Å². The van der Waals surface area contributed by atoms with E-state index in [2.05, 4.69) is 21.7 Å². The minimum Gasteiger partial charge on any atom is -0.497 e. The number of nitrogens with zero attached hydrogens (tertiary/aromatic N) is 4. The quantitative estimate of drug-likeness (QED) is 0.552. The molecule has 8 heteroatoms. The van der Waals surface area contributed by atoms with E-state index < -0.39 is 0 Å². The van der Waals surface area contributed by atoms with Gasteiger partial charge in [-0.3, -0.25) is 19.5 Å². The van der Waals surface area contributed by atoms with E-state index >= 15 is 0 Å². The average molecular weight is 473 g/mol. The second-order valence-electron chi connectivity index (χ2n) is 8.89. The maximum atomic E-state index is 13.6. The molecule has 2 fully saturated rings. The minimum atomic E-state index is -0.131. The molecule has 2 heterocycles. The Morgan fingerprint density at radius 3 is 2.45 bits per heavy atom. The molecule has 0 N–H and O–H groups in total. The van der Waals surface area contributed by atoms with E-state index in [9.17, 15) is 4.79 Å². The molecule has 2 aromatic rings. The fraction of sp³-hybridized carbons (Fsp3) is 0.600. The van der Waals surface area contributed by atoms with Crippen molar-refractivity contribution < 1.29 is 14.3 Å². The molecule has 1 saturated heterocycles. The van der Waals surface area contributed by atoms with Crippen molar-refractivity contribution in [3.8, 4) is 11.5 Å². The van der Waals surface area contributed by atoms with Crippen LogP contribution in [0.25, 0.3) is 0 Å². The Labute approximate surface area is 201 Å². The number of methoxy groups -OCH3 is 1. The van der Waals surface area contributed by atoms with E-state index in [0.29, 0.717) is 6.61 Å². The number of benzene rings is 1. The van der Waals surface area contributed by atoms with Crippen molar-refractivity contribution in [2.24, 2.45) is 0 Å². The highest BCUT2D eigenvalue weighted by molar-refractivity contribution is 7.13. The van der Waals surface area contributed by atoms with Crippen LogP contribution in [-0.2, 0) is 4.79 Å². The maximum absolute atomic E-state index is 13.6. The standard InChI is InChI=1S/C25H36N4O3S/c1-20(24(30)29(25-26-12-19-33-25)21-6-4-3-5-7-21)28-15-13-27(14-16-28)17-18-32-23-10-8-22(31-2)9-11-23/h8-12,19-21H,3-7,13-18H2,1-2H3/t20-/m0/s1. The van der Waals surface area contributed by atoms with E-state index in [1.165, 1.54) is 19.3 Å². The third kappa shape index (κ3) is 6.25. The van der Waals surface area contributed by atoms with Crippen molar-refractivity contribution >= 4 is 22.4 Å². The van der Waals surface area contributed by atoms with E-state index in [1.54, 1.807) is 24.6 Å². The van der Waals surface area contributed by atoms with Crippen LogP contribution in [0.3, 0.4) is 0 Å². The molecule has 180 valence electrons. The van der Waals surface area contributed by atoms with Crippen molar-refractivity contribution in [2.75, 3.05) is 51.3 Å². The van der Waals surface area contributed by atoms with Gasteiger partial charge in [0.05, 0.1) is 13.2 Å². The SMILES string of the molecule is COc1ccc(OCCN2CCN([C@@H](C)C(=O)N(c3nccs3)C3CCCCC3)CC2)cc1. The summed E-state index contributed by atoms with van der Waals surface area (Å²) in [6.07, 6.45) is 7.65. The van der Waals surface area contributed by atoms with Gasteiger partial charge in [0, 0.05) is 50.3 Å². The number of thiazole rings is 1. The Morgan fingerprint density at radius 1 is 1.12 bits per heavy atom. The molecule has 1 amide bonds. The van der Waals surface area contributed by atoms with Crippen LogP contribution in [0, 0.1) is 0 Å². The third-order valence-electron chi connectivity index (χ3n) is 6.85. The molecule has 0 bridgehead atoms. The first kappa shape index (κ1) is 24.0. The molecule has 1 atom stereocenters. The van der Waals surface area contributed by atoms with E-state index in [4.69, 9.17) is 9.47 Å². The summed E-state index contributed by atoms with van der Waals surface area (Å²) in [6.45, 7) is 7.29. The van der Waals surface area contributed by atoms with Crippen LogP contribution in [0.5, 0.6) is 11.5 Å². The number of amides is 1. The maximum Gasteiger partial charge on any atom is 0.246 e. The number of hydrogen-bond donors (Lipinski definition) is 0. The lowest BCUT2D eigenvalue weighted by Gasteiger charge is -2.40. The Kier molecular flexibility index (Phi) is 8.58. The van der Waals surface area contributed by atoms with Crippen molar-refractivity contribution in [3.63, 3.8) is 0 Å². The first-order chi connectivity index (χ1) is 16.2. The molecule has 1 aliphatic carbocycles. The lowest BCUT2D eigenvalue weighted by atomic mass is 9.94. The van der Waals surface area contributed by atoms with Crippen LogP contribution in [-0.4, -0.2) is 79.2 Å². The fourth-order valence-corrected chi connectivity index (χ4v) is 5.52. The smallest absolute Gasteiger partial charge is 0.246 e. The van der Waals surface area contributed by atoms with E-state index in [0.717, 1.165) is 62.2 Å². The van der Waals surface area contributed by atoms with Gasteiger partial charge in [-0.15, -0.1) is 11.3 Å². The van der Waals surface area contributed by atoms with Crippen LogP contribution in [0.1, 0.15) is 39.0 Å². The summed E-state index contributed by atoms with van der Waals surface area (Å²) in [4.78, 5) is 24.9. The summed E-state index contributed by atoms with van der Waals surface area (Å²) in [6, 6.07) is 7.85. The lowest BCUT2D eigenvalue weighted by Crippen LogP contribution is -2.56. The number of hydrogen-bond acceptors (Lipinski definition) is 7. The van der Waals surface area contributed by atoms with Crippen LogP contribution < -0.4 is 14.4 Å². The molecule has 0 radical (unpaired) electrons. The van der Waals surface area contributed by atoms with Gasteiger partial charge in [-0.05, 0) is 44.0 Å². The zero-order valence-corrected chi connectivity index (χ0v) is 20.6. The van der Waals surface area contributed by atoms with Crippen molar-refractivity contribution in [1.29, 1.82) is 0 Å². The predicted octanol–water partition coefficient (Wildman–Crippen LogP) is 3.90. The number of carbonyl (C=O) groups excluding carboxylic acids is 1. The summed E-state index contributed by atoms with van der Waals surface area (Å²) in [5.41, 5.74) is 0. The monoisotopic (exact) mass is 472 g/mol. The van der Waals surface area contributed by atoms with Crippen molar-refractivity contribution in [2.45, 2.75) is 51.1 Å². The first-order valence-electron chi connectivity index (χ1n) is 12.1.